The molecular weight excluding hydrogens is 198 g/mol. The quantitative estimate of drug-likeness (QED) is 0.743. The Kier molecular flexibility index (Phi) is 2.98. The third-order valence-electron chi connectivity index (χ3n) is 2.78. The summed E-state index contributed by atoms with van der Waals surface area (Å²) in [5.41, 5.74) is 6.31. The molecule has 2 atom stereocenters. The van der Waals surface area contributed by atoms with E-state index in [1.807, 2.05) is 0 Å². The van der Waals surface area contributed by atoms with E-state index in [9.17, 15) is 8.78 Å². The molecule has 1 saturated heterocycles. The number of nitrogens with one attached hydrogen (secondary N) is 1. The molecule has 1 heterocycles. The van der Waals surface area contributed by atoms with Crippen molar-refractivity contribution in [2.24, 2.45) is 5.73 Å². The van der Waals surface area contributed by atoms with Gasteiger partial charge in [-0.15, -0.1) is 0 Å². The smallest absolute Gasteiger partial charge is 0.130 e. The summed E-state index contributed by atoms with van der Waals surface area (Å²) in [4.78, 5) is 0. The molecule has 0 spiro atoms. The molecule has 0 radical (unpaired) electrons. The summed E-state index contributed by atoms with van der Waals surface area (Å²) in [5.74, 6) is -1.04. The van der Waals surface area contributed by atoms with Crippen LogP contribution in [0.3, 0.4) is 0 Å². The van der Waals surface area contributed by atoms with Crippen LogP contribution in [0.2, 0.25) is 0 Å². The third-order valence-corrected chi connectivity index (χ3v) is 2.78. The number of halogens is 2. The van der Waals surface area contributed by atoms with E-state index in [-0.39, 0.29) is 12.1 Å². The van der Waals surface area contributed by atoms with Gasteiger partial charge in [0.15, 0.2) is 0 Å². The van der Waals surface area contributed by atoms with E-state index in [4.69, 9.17) is 5.73 Å². The van der Waals surface area contributed by atoms with Crippen LogP contribution >= 0.6 is 0 Å². The Balaban J connectivity index is 2.21. The lowest BCUT2D eigenvalue weighted by Crippen LogP contribution is -2.38. The van der Waals surface area contributed by atoms with E-state index in [0.29, 0.717) is 12.0 Å². The van der Waals surface area contributed by atoms with E-state index >= 15 is 0 Å². The average Bonchev–Trinajstić information content (AvgIpc) is 2.17. The minimum atomic E-state index is -0.545. The van der Waals surface area contributed by atoms with Crippen LogP contribution in [0, 0.1) is 11.6 Å². The number of nitrogens with two attached hydrogens (primary N) is 1. The summed E-state index contributed by atoms with van der Waals surface area (Å²) in [7, 11) is 0. The fourth-order valence-corrected chi connectivity index (χ4v) is 1.97. The molecule has 15 heavy (non-hydrogen) atoms. The molecule has 1 aromatic carbocycles. The monoisotopic (exact) mass is 212 g/mol. The number of piperidine rings is 1. The molecule has 0 aromatic heterocycles. The summed E-state index contributed by atoms with van der Waals surface area (Å²) < 4.78 is 26.1. The minimum Gasteiger partial charge on any atom is -0.328 e. The van der Waals surface area contributed by atoms with Gasteiger partial charge in [0.05, 0.1) is 0 Å². The first-order valence-corrected chi connectivity index (χ1v) is 5.10. The SMILES string of the molecule is NC1CCNC(c2ccc(F)cc2F)C1. The van der Waals surface area contributed by atoms with Gasteiger partial charge in [0.2, 0.25) is 0 Å². The Labute approximate surface area is 87.5 Å². The average molecular weight is 212 g/mol. The highest BCUT2D eigenvalue weighted by Gasteiger charge is 2.22. The van der Waals surface area contributed by atoms with E-state index in [2.05, 4.69) is 5.32 Å². The molecule has 2 rings (SSSR count). The van der Waals surface area contributed by atoms with E-state index in [0.717, 1.165) is 19.0 Å². The first-order valence-electron chi connectivity index (χ1n) is 5.10. The second-order valence-electron chi connectivity index (χ2n) is 3.96. The van der Waals surface area contributed by atoms with E-state index < -0.39 is 11.6 Å². The van der Waals surface area contributed by atoms with Crippen molar-refractivity contribution in [2.75, 3.05) is 6.54 Å². The molecule has 82 valence electrons. The Morgan fingerprint density at radius 2 is 2.13 bits per heavy atom. The van der Waals surface area contributed by atoms with Crippen LogP contribution < -0.4 is 11.1 Å². The molecule has 2 nitrogen and oxygen atoms in total. The Bertz CT molecular complexity index is 354. The van der Waals surface area contributed by atoms with Gasteiger partial charge in [0, 0.05) is 23.7 Å². The van der Waals surface area contributed by atoms with Crippen molar-refractivity contribution < 1.29 is 8.78 Å². The largest absolute Gasteiger partial charge is 0.328 e. The second kappa shape index (κ2) is 4.24. The zero-order chi connectivity index (χ0) is 10.8. The summed E-state index contributed by atoms with van der Waals surface area (Å²) in [6.07, 6.45) is 1.60. The molecule has 0 amide bonds. The van der Waals surface area contributed by atoms with E-state index in [1.54, 1.807) is 0 Å². The van der Waals surface area contributed by atoms with Gasteiger partial charge in [-0.05, 0) is 25.5 Å². The van der Waals surface area contributed by atoms with Crippen molar-refractivity contribution in [1.29, 1.82) is 0 Å². The maximum Gasteiger partial charge on any atom is 0.130 e. The second-order valence-corrected chi connectivity index (χ2v) is 3.96. The Morgan fingerprint density at radius 1 is 1.33 bits per heavy atom. The minimum absolute atomic E-state index is 0.0886. The van der Waals surface area contributed by atoms with Gasteiger partial charge in [0.25, 0.3) is 0 Å². The Morgan fingerprint density at radius 3 is 2.80 bits per heavy atom. The van der Waals surface area contributed by atoms with Crippen LogP contribution in [0.1, 0.15) is 24.4 Å². The van der Waals surface area contributed by atoms with Gasteiger partial charge in [-0.3, -0.25) is 0 Å². The van der Waals surface area contributed by atoms with Crippen molar-refractivity contribution in [3.05, 3.63) is 35.4 Å². The molecule has 2 unspecified atom stereocenters. The molecule has 0 saturated carbocycles. The zero-order valence-corrected chi connectivity index (χ0v) is 8.34. The lowest BCUT2D eigenvalue weighted by atomic mass is 9.94. The van der Waals surface area contributed by atoms with Gasteiger partial charge < -0.3 is 11.1 Å². The van der Waals surface area contributed by atoms with Crippen LogP contribution in [-0.4, -0.2) is 12.6 Å². The molecule has 1 aliphatic rings. The fourth-order valence-electron chi connectivity index (χ4n) is 1.97. The van der Waals surface area contributed by atoms with Crippen LogP contribution in [-0.2, 0) is 0 Å². The van der Waals surface area contributed by atoms with Gasteiger partial charge in [-0.1, -0.05) is 6.07 Å². The summed E-state index contributed by atoms with van der Waals surface area (Å²) in [6, 6.07) is 3.69. The number of rotatable bonds is 1. The number of hydrogen-bond acceptors (Lipinski definition) is 2. The van der Waals surface area contributed by atoms with Crippen molar-refractivity contribution in [3.63, 3.8) is 0 Å². The molecular formula is C11H14F2N2. The number of benzene rings is 1. The zero-order valence-electron chi connectivity index (χ0n) is 8.34. The number of hydrogen-bond donors (Lipinski definition) is 2. The van der Waals surface area contributed by atoms with Gasteiger partial charge >= 0.3 is 0 Å². The van der Waals surface area contributed by atoms with Crippen LogP contribution in [0.4, 0.5) is 8.78 Å². The molecule has 3 N–H and O–H groups in total. The van der Waals surface area contributed by atoms with Crippen molar-refractivity contribution in [2.45, 2.75) is 24.9 Å². The Hall–Kier alpha value is -1.00. The van der Waals surface area contributed by atoms with Crippen LogP contribution in [0.5, 0.6) is 0 Å². The first kappa shape index (κ1) is 10.5. The van der Waals surface area contributed by atoms with E-state index in [1.165, 1.54) is 12.1 Å². The summed E-state index contributed by atoms with van der Waals surface area (Å²) in [5, 5.41) is 3.18. The van der Waals surface area contributed by atoms with Crippen LogP contribution in [0.15, 0.2) is 18.2 Å². The lowest BCUT2D eigenvalue weighted by molar-refractivity contribution is 0.360. The summed E-state index contributed by atoms with van der Waals surface area (Å²) in [6.45, 7) is 0.780. The lowest BCUT2D eigenvalue weighted by Gasteiger charge is -2.28. The predicted molar refractivity (Wildman–Crippen MR) is 54.3 cm³/mol. The van der Waals surface area contributed by atoms with Crippen LogP contribution in [0.25, 0.3) is 0 Å². The molecule has 4 heteroatoms. The van der Waals surface area contributed by atoms with Crippen molar-refractivity contribution in [3.8, 4) is 0 Å². The normalized spacial score (nSPS) is 26.6. The predicted octanol–water partition coefficient (Wildman–Crippen LogP) is 1.72. The molecule has 0 bridgehead atoms. The highest BCUT2D eigenvalue weighted by molar-refractivity contribution is 5.22. The topological polar surface area (TPSA) is 38.0 Å². The molecule has 1 fully saturated rings. The van der Waals surface area contributed by atoms with Crippen molar-refractivity contribution >= 4 is 0 Å². The fraction of sp³-hybridized carbons (Fsp3) is 0.455. The maximum atomic E-state index is 13.4. The highest BCUT2D eigenvalue weighted by atomic mass is 19.1. The maximum absolute atomic E-state index is 13.4. The highest BCUT2D eigenvalue weighted by Crippen LogP contribution is 2.24. The molecule has 0 aliphatic carbocycles. The third kappa shape index (κ3) is 2.33. The first-order chi connectivity index (χ1) is 7.16. The van der Waals surface area contributed by atoms with Crippen molar-refractivity contribution in [1.82, 2.24) is 5.32 Å². The van der Waals surface area contributed by atoms with Gasteiger partial charge in [-0.2, -0.15) is 0 Å². The molecule has 1 aliphatic heterocycles. The van der Waals surface area contributed by atoms with Gasteiger partial charge in [0.1, 0.15) is 11.6 Å². The standard InChI is InChI=1S/C11H14F2N2/c12-7-1-2-9(10(13)5-7)11-6-8(14)3-4-15-11/h1-2,5,8,11,15H,3-4,6,14H2. The summed E-state index contributed by atoms with van der Waals surface area (Å²) >= 11 is 0. The molecule has 1 aromatic rings. The van der Waals surface area contributed by atoms with Gasteiger partial charge in [-0.25, -0.2) is 8.78 Å².